The third kappa shape index (κ3) is 4.10. The van der Waals surface area contributed by atoms with Crippen LogP contribution in [0.25, 0.3) is 0 Å². The molecule has 172 valence electrons. The number of likely N-dealkylation sites (tertiary alicyclic amines) is 1. The predicted octanol–water partition coefficient (Wildman–Crippen LogP) is 0.646. The number of hydrogen-bond donors (Lipinski definition) is 3. The second kappa shape index (κ2) is 8.73. The molecule has 0 aromatic heterocycles. The number of carbonyl (C=O) groups is 2. The molecule has 0 spiro atoms. The normalized spacial score (nSPS) is 34.7. The molecule has 0 aliphatic carbocycles. The summed E-state index contributed by atoms with van der Waals surface area (Å²) >= 11 is 1.59. The first-order chi connectivity index (χ1) is 14.7. The van der Waals surface area contributed by atoms with Gasteiger partial charge >= 0.3 is 5.97 Å². The van der Waals surface area contributed by atoms with Gasteiger partial charge in [-0.1, -0.05) is 6.92 Å². The van der Waals surface area contributed by atoms with Gasteiger partial charge in [-0.15, -0.1) is 11.8 Å². The SMILES string of the molecule is CC(=N)N1CCO[C@@H](CN2CC[C@@H](SC3=C(C(=O)O)N4C(=O)[C@H]([C@@H](C)O)[C@H]4[C@H]3C)C2)C1. The van der Waals surface area contributed by atoms with Crippen molar-refractivity contribution in [2.24, 2.45) is 11.8 Å². The Balaban J connectivity index is 1.39. The van der Waals surface area contributed by atoms with Crippen LogP contribution < -0.4 is 0 Å². The van der Waals surface area contributed by atoms with Crippen molar-refractivity contribution in [3.8, 4) is 0 Å². The highest BCUT2D eigenvalue weighted by atomic mass is 32.2. The van der Waals surface area contributed by atoms with Gasteiger partial charge in [0.05, 0.1) is 36.6 Å². The molecule has 3 fully saturated rings. The van der Waals surface area contributed by atoms with Crippen LogP contribution in [0.1, 0.15) is 27.2 Å². The summed E-state index contributed by atoms with van der Waals surface area (Å²) in [7, 11) is 0. The van der Waals surface area contributed by atoms with Gasteiger partial charge in [-0.05, 0) is 26.8 Å². The van der Waals surface area contributed by atoms with E-state index in [-0.39, 0.29) is 34.9 Å². The van der Waals surface area contributed by atoms with E-state index in [1.807, 2.05) is 11.8 Å². The van der Waals surface area contributed by atoms with Gasteiger partial charge in [-0.25, -0.2) is 4.79 Å². The van der Waals surface area contributed by atoms with E-state index >= 15 is 0 Å². The Labute approximate surface area is 186 Å². The molecule has 1 amide bonds. The number of rotatable bonds is 6. The monoisotopic (exact) mass is 452 g/mol. The number of carbonyl (C=O) groups excluding carboxylic acids is 1. The number of aliphatic hydroxyl groups is 1. The maximum atomic E-state index is 12.5. The standard InChI is InChI=1S/C21H32N4O5S/c1-11-17-16(12(2)26)20(27)25(17)18(21(28)29)19(11)31-15-4-5-23(10-15)8-14-9-24(13(3)22)6-7-30-14/h11-12,14-17,22,26H,4-10H2,1-3H3,(H,28,29)/t11-,12-,14+,15-,16-,17-/m1/s1. The number of amides is 1. The molecule has 9 nitrogen and oxygen atoms in total. The summed E-state index contributed by atoms with van der Waals surface area (Å²) in [4.78, 5) is 31.0. The molecule has 3 saturated heterocycles. The van der Waals surface area contributed by atoms with E-state index in [4.69, 9.17) is 10.1 Å². The van der Waals surface area contributed by atoms with Gasteiger partial charge in [0.15, 0.2) is 0 Å². The third-order valence-corrected chi connectivity index (χ3v) is 8.45. The zero-order valence-electron chi connectivity index (χ0n) is 18.3. The number of aliphatic carboxylic acids is 1. The van der Waals surface area contributed by atoms with E-state index in [1.165, 1.54) is 4.90 Å². The Hall–Kier alpha value is -1.62. The molecular weight excluding hydrogens is 420 g/mol. The number of morpholine rings is 1. The smallest absolute Gasteiger partial charge is 0.353 e. The number of fused-ring (bicyclic) bond motifs is 1. The average molecular weight is 453 g/mol. The summed E-state index contributed by atoms with van der Waals surface area (Å²) in [6.07, 6.45) is 0.243. The van der Waals surface area contributed by atoms with Crippen molar-refractivity contribution in [2.45, 2.75) is 50.7 Å². The number of β-lactam (4-membered cyclic amide) rings is 1. The molecule has 4 aliphatic heterocycles. The first kappa shape index (κ1) is 22.6. The quantitative estimate of drug-likeness (QED) is 0.305. The van der Waals surface area contributed by atoms with Gasteiger partial charge in [-0.2, -0.15) is 0 Å². The van der Waals surface area contributed by atoms with Crippen molar-refractivity contribution in [3.05, 3.63) is 10.6 Å². The van der Waals surface area contributed by atoms with Crippen LogP contribution >= 0.6 is 11.8 Å². The van der Waals surface area contributed by atoms with Crippen LogP contribution in [0.2, 0.25) is 0 Å². The van der Waals surface area contributed by atoms with Gasteiger partial charge in [0.25, 0.3) is 0 Å². The number of carboxylic acids is 1. The number of thioether (sulfide) groups is 1. The van der Waals surface area contributed by atoms with Crippen molar-refractivity contribution < 1.29 is 24.5 Å². The molecule has 4 heterocycles. The lowest BCUT2D eigenvalue weighted by Crippen LogP contribution is -2.63. The van der Waals surface area contributed by atoms with E-state index < -0.39 is 18.0 Å². The van der Waals surface area contributed by atoms with E-state index in [1.54, 1.807) is 25.6 Å². The zero-order valence-corrected chi connectivity index (χ0v) is 19.1. The minimum Gasteiger partial charge on any atom is -0.477 e. The Bertz CT molecular complexity index is 803. The van der Waals surface area contributed by atoms with Crippen molar-refractivity contribution in [3.63, 3.8) is 0 Å². The molecule has 4 rings (SSSR count). The molecule has 6 atom stereocenters. The Morgan fingerprint density at radius 2 is 2.10 bits per heavy atom. The van der Waals surface area contributed by atoms with Crippen molar-refractivity contribution in [1.29, 1.82) is 5.41 Å². The number of amidine groups is 1. The fourth-order valence-corrected chi connectivity index (χ4v) is 6.86. The highest BCUT2D eigenvalue weighted by Crippen LogP contribution is 2.51. The van der Waals surface area contributed by atoms with Crippen molar-refractivity contribution in [2.75, 3.05) is 39.3 Å². The van der Waals surface area contributed by atoms with Crippen LogP contribution in [0.5, 0.6) is 0 Å². The summed E-state index contributed by atoms with van der Waals surface area (Å²) in [5.74, 6) is -1.39. The molecule has 31 heavy (non-hydrogen) atoms. The fraction of sp³-hybridized carbons (Fsp3) is 0.762. The second-order valence-electron chi connectivity index (χ2n) is 9.08. The number of carboxylic acid groups (broad SMARTS) is 1. The van der Waals surface area contributed by atoms with Crippen LogP contribution in [0.15, 0.2) is 10.6 Å². The summed E-state index contributed by atoms with van der Waals surface area (Å²) < 4.78 is 5.90. The topological polar surface area (TPSA) is 117 Å². The number of aliphatic hydroxyl groups excluding tert-OH is 1. The van der Waals surface area contributed by atoms with Crippen LogP contribution in [0.4, 0.5) is 0 Å². The maximum absolute atomic E-state index is 12.5. The van der Waals surface area contributed by atoms with Gasteiger partial charge in [-0.3, -0.25) is 15.1 Å². The molecule has 0 aromatic carbocycles. The molecule has 3 N–H and O–H groups in total. The third-order valence-electron chi connectivity index (χ3n) is 6.91. The zero-order chi connectivity index (χ0) is 22.4. The van der Waals surface area contributed by atoms with Crippen LogP contribution in [-0.2, 0) is 14.3 Å². The fourth-order valence-electron chi connectivity index (χ4n) is 5.34. The van der Waals surface area contributed by atoms with Crippen LogP contribution in [0, 0.1) is 17.2 Å². The van der Waals surface area contributed by atoms with Crippen LogP contribution in [0.3, 0.4) is 0 Å². The van der Waals surface area contributed by atoms with Gasteiger partial charge in [0, 0.05) is 42.3 Å². The van der Waals surface area contributed by atoms with Crippen molar-refractivity contribution in [1.82, 2.24) is 14.7 Å². The second-order valence-corrected chi connectivity index (χ2v) is 10.4. The molecule has 0 aromatic rings. The average Bonchev–Trinajstić information content (AvgIpc) is 3.23. The van der Waals surface area contributed by atoms with Gasteiger partial charge in [0.1, 0.15) is 5.70 Å². The molecule has 0 radical (unpaired) electrons. The van der Waals surface area contributed by atoms with Gasteiger partial charge < -0.3 is 24.7 Å². The Morgan fingerprint density at radius 1 is 1.35 bits per heavy atom. The lowest BCUT2D eigenvalue weighted by molar-refractivity contribution is -0.163. The number of hydrogen-bond acceptors (Lipinski definition) is 7. The minimum atomic E-state index is -1.07. The largest absolute Gasteiger partial charge is 0.477 e. The highest BCUT2D eigenvalue weighted by molar-refractivity contribution is 8.03. The summed E-state index contributed by atoms with van der Waals surface area (Å²) in [6.45, 7) is 10.1. The molecule has 0 unspecified atom stereocenters. The number of ether oxygens (including phenoxy) is 1. The summed E-state index contributed by atoms with van der Waals surface area (Å²) in [6, 6.07) is -0.260. The van der Waals surface area contributed by atoms with Gasteiger partial charge in [0.2, 0.25) is 5.91 Å². The number of nitrogens with one attached hydrogen (secondary N) is 1. The minimum absolute atomic E-state index is 0.0726. The Morgan fingerprint density at radius 3 is 2.74 bits per heavy atom. The predicted molar refractivity (Wildman–Crippen MR) is 117 cm³/mol. The summed E-state index contributed by atoms with van der Waals surface area (Å²) in [5.41, 5.74) is 0.107. The highest BCUT2D eigenvalue weighted by Gasteiger charge is 2.60. The number of nitrogens with zero attached hydrogens (tertiary/aromatic N) is 3. The maximum Gasteiger partial charge on any atom is 0.353 e. The first-order valence-corrected chi connectivity index (χ1v) is 11.9. The lowest BCUT2D eigenvalue weighted by Gasteiger charge is -2.46. The van der Waals surface area contributed by atoms with E-state index in [0.717, 1.165) is 44.0 Å². The lowest BCUT2D eigenvalue weighted by atomic mass is 9.79. The van der Waals surface area contributed by atoms with Crippen molar-refractivity contribution >= 4 is 29.5 Å². The molecule has 10 heteroatoms. The van der Waals surface area contributed by atoms with E-state index in [2.05, 4.69) is 4.90 Å². The summed E-state index contributed by atoms with van der Waals surface area (Å²) in [5, 5.41) is 27.9. The van der Waals surface area contributed by atoms with Crippen LogP contribution in [-0.4, -0.2) is 105 Å². The Kier molecular flexibility index (Phi) is 6.35. The molecular formula is C21H32N4O5S. The molecule has 4 aliphatic rings. The molecule has 0 saturated carbocycles. The van der Waals surface area contributed by atoms with E-state index in [9.17, 15) is 19.8 Å². The first-order valence-electron chi connectivity index (χ1n) is 11.0. The molecule has 0 bridgehead atoms. The van der Waals surface area contributed by atoms with E-state index in [0.29, 0.717) is 12.4 Å².